The van der Waals surface area contributed by atoms with Crippen LogP contribution >= 0.6 is 0 Å². The van der Waals surface area contributed by atoms with Gasteiger partial charge in [-0.25, -0.2) is 18.7 Å². The van der Waals surface area contributed by atoms with Gasteiger partial charge < -0.3 is 10.6 Å². The molecule has 0 aliphatic carbocycles. The molecule has 1 heterocycles. The number of rotatable bonds is 6. The lowest BCUT2D eigenvalue weighted by atomic mass is 10.1. The van der Waals surface area contributed by atoms with Crippen molar-refractivity contribution < 1.29 is 13.6 Å². The molecular weight excluding hydrogens is 350 g/mol. The van der Waals surface area contributed by atoms with Crippen LogP contribution in [0.25, 0.3) is 0 Å². The van der Waals surface area contributed by atoms with E-state index in [1.165, 1.54) is 17.7 Å². The van der Waals surface area contributed by atoms with E-state index in [-0.39, 0.29) is 5.69 Å². The first-order valence-electron chi connectivity index (χ1n) is 8.42. The standard InChI is InChI=1S/C20H18F2N4O/c1-13-24-17(20(27)26-19-15(21)8-5-9-16(19)22)12-18(25-13)23-11-10-14-6-3-2-4-7-14/h2-9,12H,10-11H2,1H3,(H,26,27)(H,23,24,25). The van der Waals surface area contributed by atoms with E-state index in [9.17, 15) is 13.6 Å². The van der Waals surface area contributed by atoms with Gasteiger partial charge in [-0.05, 0) is 31.0 Å². The molecule has 0 spiro atoms. The SMILES string of the molecule is Cc1nc(NCCc2ccccc2)cc(C(=O)Nc2c(F)cccc2F)n1. The summed E-state index contributed by atoms with van der Waals surface area (Å²) in [6.45, 7) is 2.26. The topological polar surface area (TPSA) is 66.9 Å². The molecule has 2 aromatic carbocycles. The van der Waals surface area contributed by atoms with Crippen LogP contribution in [0.2, 0.25) is 0 Å². The fourth-order valence-electron chi connectivity index (χ4n) is 2.55. The average Bonchev–Trinajstić information content (AvgIpc) is 2.65. The van der Waals surface area contributed by atoms with Crippen molar-refractivity contribution in [2.75, 3.05) is 17.2 Å². The third-order valence-corrected chi connectivity index (χ3v) is 3.83. The van der Waals surface area contributed by atoms with Crippen molar-refractivity contribution in [1.29, 1.82) is 0 Å². The Labute approximate surface area is 155 Å². The second-order valence-electron chi connectivity index (χ2n) is 5.90. The molecule has 27 heavy (non-hydrogen) atoms. The van der Waals surface area contributed by atoms with Gasteiger partial charge in [-0.3, -0.25) is 4.79 Å². The second kappa shape index (κ2) is 8.35. The van der Waals surface area contributed by atoms with E-state index < -0.39 is 23.2 Å². The Hall–Kier alpha value is -3.35. The van der Waals surface area contributed by atoms with Gasteiger partial charge in [0.2, 0.25) is 0 Å². The summed E-state index contributed by atoms with van der Waals surface area (Å²) >= 11 is 0. The van der Waals surface area contributed by atoms with E-state index >= 15 is 0 Å². The van der Waals surface area contributed by atoms with E-state index in [1.54, 1.807) is 6.92 Å². The van der Waals surface area contributed by atoms with Gasteiger partial charge in [-0.15, -0.1) is 0 Å². The first kappa shape index (κ1) is 18.4. The number of para-hydroxylation sites is 1. The van der Waals surface area contributed by atoms with Gasteiger partial charge in [0.1, 0.15) is 34.7 Å². The van der Waals surface area contributed by atoms with Crippen LogP contribution in [-0.2, 0) is 6.42 Å². The second-order valence-corrected chi connectivity index (χ2v) is 5.90. The Morgan fingerprint density at radius 2 is 1.70 bits per heavy atom. The van der Waals surface area contributed by atoms with Crippen molar-refractivity contribution in [3.05, 3.63) is 83.3 Å². The Morgan fingerprint density at radius 3 is 2.41 bits per heavy atom. The molecule has 1 aromatic heterocycles. The molecule has 0 atom stereocenters. The Morgan fingerprint density at radius 1 is 1.00 bits per heavy atom. The summed E-state index contributed by atoms with van der Waals surface area (Å²) in [7, 11) is 0. The number of nitrogens with zero attached hydrogens (tertiary/aromatic N) is 2. The molecule has 3 aromatic rings. The minimum atomic E-state index is -0.852. The maximum atomic E-state index is 13.7. The first-order chi connectivity index (χ1) is 13.0. The lowest BCUT2D eigenvalue weighted by Crippen LogP contribution is -2.18. The molecule has 0 saturated carbocycles. The number of anilines is 2. The Balaban J connectivity index is 1.70. The lowest BCUT2D eigenvalue weighted by molar-refractivity contribution is 0.102. The van der Waals surface area contributed by atoms with Crippen LogP contribution in [0.5, 0.6) is 0 Å². The van der Waals surface area contributed by atoms with Crippen molar-refractivity contribution in [3.8, 4) is 0 Å². The van der Waals surface area contributed by atoms with Gasteiger partial charge in [0.25, 0.3) is 5.91 Å². The van der Waals surface area contributed by atoms with Gasteiger partial charge >= 0.3 is 0 Å². The smallest absolute Gasteiger partial charge is 0.274 e. The van der Waals surface area contributed by atoms with Crippen LogP contribution < -0.4 is 10.6 Å². The zero-order chi connectivity index (χ0) is 19.2. The van der Waals surface area contributed by atoms with Crippen LogP contribution in [0.1, 0.15) is 21.9 Å². The minimum absolute atomic E-state index is 0.0207. The van der Waals surface area contributed by atoms with Crippen molar-refractivity contribution >= 4 is 17.4 Å². The van der Waals surface area contributed by atoms with Gasteiger partial charge in [-0.1, -0.05) is 36.4 Å². The maximum absolute atomic E-state index is 13.7. The number of aryl methyl sites for hydroxylation is 1. The van der Waals surface area contributed by atoms with Crippen molar-refractivity contribution in [3.63, 3.8) is 0 Å². The number of carbonyl (C=O) groups excluding carboxylic acids is 1. The molecule has 0 bridgehead atoms. The predicted molar refractivity (Wildman–Crippen MR) is 99.7 cm³/mol. The van der Waals surface area contributed by atoms with Crippen molar-refractivity contribution in [1.82, 2.24) is 9.97 Å². The number of amides is 1. The molecule has 2 N–H and O–H groups in total. The number of halogens is 2. The summed E-state index contributed by atoms with van der Waals surface area (Å²) in [5.41, 5.74) is 0.688. The van der Waals surface area contributed by atoms with Gasteiger partial charge in [-0.2, -0.15) is 0 Å². The van der Waals surface area contributed by atoms with E-state index in [0.717, 1.165) is 18.6 Å². The summed E-state index contributed by atoms with van der Waals surface area (Å²) in [5.74, 6) is -1.57. The highest BCUT2D eigenvalue weighted by Gasteiger charge is 2.15. The van der Waals surface area contributed by atoms with E-state index in [1.807, 2.05) is 30.3 Å². The summed E-state index contributed by atoms with van der Waals surface area (Å²) in [6, 6.07) is 14.7. The highest BCUT2D eigenvalue weighted by Crippen LogP contribution is 2.19. The van der Waals surface area contributed by atoms with Crippen LogP contribution in [0.3, 0.4) is 0 Å². The molecule has 0 aliphatic heterocycles. The minimum Gasteiger partial charge on any atom is -0.370 e. The number of carbonyl (C=O) groups is 1. The number of nitrogens with one attached hydrogen (secondary N) is 2. The monoisotopic (exact) mass is 368 g/mol. The molecule has 138 valence electrons. The van der Waals surface area contributed by atoms with E-state index in [4.69, 9.17) is 0 Å². The summed E-state index contributed by atoms with van der Waals surface area (Å²) in [6.07, 6.45) is 0.784. The third-order valence-electron chi connectivity index (χ3n) is 3.83. The van der Waals surface area contributed by atoms with E-state index in [0.29, 0.717) is 18.2 Å². The largest absolute Gasteiger partial charge is 0.370 e. The summed E-state index contributed by atoms with van der Waals surface area (Å²) in [5, 5.41) is 5.36. The van der Waals surface area contributed by atoms with Gasteiger partial charge in [0, 0.05) is 12.6 Å². The van der Waals surface area contributed by atoms with E-state index in [2.05, 4.69) is 20.6 Å². The summed E-state index contributed by atoms with van der Waals surface area (Å²) < 4.78 is 27.4. The van der Waals surface area contributed by atoms with Crippen molar-refractivity contribution in [2.45, 2.75) is 13.3 Å². The Bertz CT molecular complexity index is 928. The fraction of sp³-hybridized carbons (Fsp3) is 0.150. The molecule has 0 radical (unpaired) electrons. The summed E-state index contributed by atoms with van der Waals surface area (Å²) in [4.78, 5) is 20.6. The third kappa shape index (κ3) is 4.84. The van der Waals surface area contributed by atoms with Crippen molar-refractivity contribution in [2.24, 2.45) is 0 Å². The quantitative estimate of drug-likeness (QED) is 0.691. The van der Waals surface area contributed by atoms with Gasteiger partial charge in [0.05, 0.1) is 0 Å². The fourth-order valence-corrected chi connectivity index (χ4v) is 2.55. The maximum Gasteiger partial charge on any atom is 0.274 e. The highest BCUT2D eigenvalue weighted by atomic mass is 19.1. The molecule has 0 unspecified atom stereocenters. The van der Waals surface area contributed by atoms with Crippen LogP contribution in [0.4, 0.5) is 20.3 Å². The van der Waals surface area contributed by atoms with Crippen LogP contribution in [0, 0.1) is 18.6 Å². The lowest BCUT2D eigenvalue weighted by Gasteiger charge is -2.10. The van der Waals surface area contributed by atoms with Crippen LogP contribution in [0.15, 0.2) is 54.6 Å². The Kier molecular flexibility index (Phi) is 5.71. The molecule has 0 fully saturated rings. The van der Waals surface area contributed by atoms with Crippen LogP contribution in [-0.4, -0.2) is 22.4 Å². The number of hydrogen-bond acceptors (Lipinski definition) is 4. The molecule has 5 nitrogen and oxygen atoms in total. The number of hydrogen-bond donors (Lipinski definition) is 2. The van der Waals surface area contributed by atoms with Gasteiger partial charge in [0.15, 0.2) is 0 Å². The average molecular weight is 368 g/mol. The molecule has 7 heteroatoms. The zero-order valence-corrected chi connectivity index (χ0v) is 14.7. The first-order valence-corrected chi connectivity index (χ1v) is 8.42. The molecule has 1 amide bonds. The highest BCUT2D eigenvalue weighted by molar-refractivity contribution is 6.03. The predicted octanol–water partition coefficient (Wildman–Crippen LogP) is 3.97. The molecule has 0 aliphatic rings. The molecular formula is C20H18F2N4O. The zero-order valence-electron chi connectivity index (χ0n) is 14.7. The number of aromatic nitrogens is 2. The number of benzene rings is 2. The normalized spacial score (nSPS) is 10.5. The molecule has 0 saturated heterocycles. The molecule has 3 rings (SSSR count).